The molecule has 0 bridgehead atoms. The molecule has 5 nitrogen and oxygen atoms in total. The number of aryl methyl sites for hydroxylation is 1. The lowest BCUT2D eigenvalue weighted by atomic mass is 9.73. The Hall–Kier alpha value is -2.63. The monoisotopic (exact) mass is 421 g/mol. The van der Waals surface area contributed by atoms with Gasteiger partial charge >= 0.3 is 0 Å². The van der Waals surface area contributed by atoms with E-state index in [9.17, 15) is 4.79 Å². The van der Waals surface area contributed by atoms with Crippen molar-refractivity contribution >= 4 is 10.9 Å². The molecule has 4 rings (SSSR count). The van der Waals surface area contributed by atoms with Crippen LogP contribution in [0.1, 0.15) is 43.2 Å². The molecule has 5 heteroatoms. The van der Waals surface area contributed by atoms with E-state index in [1.165, 1.54) is 5.56 Å². The number of aromatic nitrogens is 1. The molecule has 1 aliphatic carbocycles. The first kappa shape index (κ1) is 21.6. The van der Waals surface area contributed by atoms with Gasteiger partial charge < -0.3 is 18.8 Å². The fraction of sp³-hybridized carbons (Fsp3) is 0.423. The second-order valence-corrected chi connectivity index (χ2v) is 8.63. The van der Waals surface area contributed by atoms with Crippen LogP contribution in [-0.4, -0.2) is 24.6 Å². The fourth-order valence-corrected chi connectivity index (χ4v) is 4.71. The van der Waals surface area contributed by atoms with Gasteiger partial charge in [-0.25, -0.2) is 0 Å². The van der Waals surface area contributed by atoms with E-state index in [-0.39, 0.29) is 5.56 Å². The highest BCUT2D eigenvalue weighted by atomic mass is 16.7. The summed E-state index contributed by atoms with van der Waals surface area (Å²) >= 11 is 0. The Kier molecular flexibility index (Phi) is 6.17. The number of hydrogen-bond donors (Lipinski definition) is 0. The van der Waals surface area contributed by atoms with Crippen LogP contribution in [0, 0.1) is 5.92 Å². The van der Waals surface area contributed by atoms with Crippen molar-refractivity contribution in [3.8, 4) is 5.75 Å². The largest absolute Gasteiger partial charge is 0.489 e. The lowest BCUT2D eigenvalue weighted by Gasteiger charge is -2.42. The maximum Gasteiger partial charge on any atom is 0.250 e. The first-order valence-electron chi connectivity index (χ1n) is 10.9. The van der Waals surface area contributed by atoms with Crippen LogP contribution in [0.15, 0.2) is 59.4 Å². The van der Waals surface area contributed by atoms with Crippen LogP contribution in [0.25, 0.3) is 10.9 Å². The van der Waals surface area contributed by atoms with Crippen LogP contribution in [-0.2, 0) is 23.1 Å². The maximum atomic E-state index is 11.8. The molecule has 1 fully saturated rings. The van der Waals surface area contributed by atoms with Gasteiger partial charge in [0.05, 0.1) is 5.52 Å². The summed E-state index contributed by atoms with van der Waals surface area (Å²) < 4.78 is 19.3. The molecule has 0 N–H and O–H groups in total. The van der Waals surface area contributed by atoms with Crippen molar-refractivity contribution < 1.29 is 14.2 Å². The highest BCUT2D eigenvalue weighted by Gasteiger charge is 2.40. The zero-order valence-corrected chi connectivity index (χ0v) is 18.8. The van der Waals surface area contributed by atoms with Gasteiger partial charge in [0.2, 0.25) is 0 Å². The third kappa shape index (κ3) is 4.39. The summed E-state index contributed by atoms with van der Waals surface area (Å²) in [6.45, 7) is 2.78. The van der Waals surface area contributed by atoms with Gasteiger partial charge in [-0.15, -0.1) is 0 Å². The number of rotatable bonds is 6. The topological polar surface area (TPSA) is 49.7 Å². The second kappa shape index (κ2) is 8.85. The van der Waals surface area contributed by atoms with Crippen LogP contribution in [0.4, 0.5) is 0 Å². The number of ether oxygens (including phenoxy) is 3. The zero-order valence-electron chi connectivity index (χ0n) is 18.8. The highest BCUT2D eigenvalue weighted by Crippen LogP contribution is 2.44. The van der Waals surface area contributed by atoms with E-state index in [1.54, 1.807) is 31.9 Å². The number of nitrogens with zero attached hydrogens (tertiary/aromatic N) is 1. The van der Waals surface area contributed by atoms with Gasteiger partial charge in [0.1, 0.15) is 12.4 Å². The molecule has 0 saturated heterocycles. The Morgan fingerprint density at radius 3 is 2.65 bits per heavy atom. The summed E-state index contributed by atoms with van der Waals surface area (Å²) in [5, 5.41) is 1.03. The van der Waals surface area contributed by atoms with E-state index in [4.69, 9.17) is 14.2 Å². The molecule has 2 atom stereocenters. The molecular formula is C26H31NO4. The molecule has 0 radical (unpaired) electrons. The van der Waals surface area contributed by atoms with E-state index in [0.29, 0.717) is 18.4 Å². The van der Waals surface area contributed by atoms with E-state index >= 15 is 0 Å². The predicted molar refractivity (Wildman–Crippen MR) is 122 cm³/mol. The number of fused-ring (bicyclic) bond motifs is 1. The molecule has 1 heterocycles. The molecule has 1 aromatic heterocycles. The molecule has 1 aliphatic rings. The van der Waals surface area contributed by atoms with Crippen molar-refractivity contribution in [3.05, 3.63) is 76.1 Å². The van der Waals surface area contributed by atoms with Gasteiger partial charge in [0.15, 0.2) is 5.79 Å². The Morgan fingerprint density at radius 2 is 1.87 bits per heavy atom. The van der Waals surface area contributed by atoms with Crippen molar-refractivity contribution in [2.24, 2.45) is 13.0 Å². The molecular weight excluding hydrogens is 390 g/mol. The molecule has 164 valence electrons. The Morgan fingerprint density at radius 1 is 1.06 bits per heavy atom. The SMILES string of the molecule is COC1(OC)CCC(C)C(c2cccc(OCc3ccc4c(ccc(=O)n4C)c3)c2)C1. The Bertz CT molecular complexity index is 1120. The quantitative estimate of drug-likeness (QED) is 0.525. The summed E-state index contributed by atoms with van der Waals surface area (Å²) in [6, 6.07) is 17.9. The van der Waals surface area contributed by atoms with Crippen molar-refractivity contribution in [2.45, 2.75) is 44.5 Å². The van der Waals surface area contributed by atoms with E-state index in [1.807, 2.05) is 24.3 Å². The van der Waals surface area contributed by atoms with Gasteiger partial charge in [-0.2, -0.15) is 0 Å². The minimum atomic E-state index is -0.501. The van der Waals surface area contributed by atoms with Gasteiger partial charge in [-0.1, -0.05) is 25.1 Å². The Labute approximate surface area is 183 Å². The first-order chi connectivity index (χ1) is 14.9. The van der Waals surface area contributed by atoms with Crippen molar-refractivity contribution in [1.82, 2.24) is 4.57 Å². The average Bonchev–Trinajstić information content (AvgIpc) is 2.81. The molecule has 0 amide bonds. The summed E-state index contributed by atoms with van der Waals surface area (Å²) in [4.78, 5) is 11.8. The standard InChI is InChI=1S/C26H31NO4/c1-18-12-13-26(29-3,30-4)16-23(18)20-6-5-7-22(15-20)31-17-19-8-10-24-21(14-19)9-11-25(28)27(24)2/h5-11,14-15,18,23H,12-13,16-17H2,1-4H3. The summed E-state index contributed by atoms with van der Waals surface area (Å²) in [6.07, 6.45) is 2.83. The molecule has 0 spiro atoms. The maximum absolute atomic E-state index is 11.8. The number of benzene rings is 2. The summed E-state index contributed by atoms with van der Waals surface area (Å²) in [5.41, 5.74) is 3.25. The number of methoxy groups -OCH3 is 2. The van der Waals surface area contributed by atoms with Crippen LogP contribution in [0.5, 0.6) is 5.75 Å². The van der Waals surface area contributed by atoms with E-state index < -0.39 is 5.79 Å². The molecule has 1 saturated carbocycles. The molecule has 31 heavy (non-hydrogen) atoms. The number of hydrogen-bond acceptors (Lipinski definition) is 4. The van der Waals surface area contributed by atoms with Crippen molar-refractivity contribution in [3.63, 3.8) is 0 Å². The van der Waals surface area contributed by atoms with E-state index in [2.05, 4.69) is 31.2 Å². The van der Waals surface area contributed by atoms with E-state index in [0.717, 1.165) is 41.5 Å². The van der Waals surface area contributed by atoms with Gasteiger partial charge in [-0.05, 0) is 65.1 Å². The first-order valence-corrected chi connectivity index (χ1v) is 10.9. The molecule has 2 unspecified atom stereocenters. The zero-order chi connectivity index (χ0) is 22.0. The summed E-state index contributed by atoms with van der Waals surface area (Å²) in [7, 11) is 5.26. The predicted octanol–water partition coefficient (Wildman–Crippen LogP) is 5.01. The van der Waals surface area contributed by atoms with Crippen LogP contribution < -0.4 is 10.3 Å². The van der Waals surface area contributed by atoms with Gasteiger partial charge in [0.25, 0.3) is 5.56 Å². The van der Waals surface area contributed by atoms with Gasteiger partial charge in [0, 0.05) is 40.2 Å². The second-order valence-electron chi connectivity index (χ2n) is 8.63. The highest BCUT2D eigenvalue weighted by molar-refractivity contribution is 5.79. The third-order valence-corrected chi connectivity index (χ3v) is 6.82. The smallest absolute Gasteiger partial charge is 0.250 e. The fourth-order valence-electron chi connectivity index (χ4n) is 4.71. The number of pyridine rings is 1. The lowest BCUT2D eigenvalue weighted by Crippen LogP contribution is -2.41. The van der Waals surface area contributed by atoms with Crippen molar-refractivity contribution in [2.75, 3.05) is 14.2 Å². The van der Waals surface area contributed by atoms with Crippen molar-refractivity contribution in [1.29, 1.82) is 0 Å². The third-order valence-electron chi connectivity index (χ3n) is 6.82. The normalized spacial score (nSPS) is 20.6. The minimum Gasteiger partial charge on any atom is -0.489 e. The molecule has 0 aliphatic heterocycles. The van der Waals surface area contributed by atoms with Crippen LogP contribution in [0.2, 0.25) is 0 Å². The van der Waals surface area contributed by atoms with Crippen LogP contribution in [0.3, 0.4) is 0 Å². The molecule has 2 aromatic carbocycles. The Balaban J connectivity index is 1.51. The molecule has 3 aromatic rings. The average molecular weight is 422 g/mol. The summed E-state index contributed by atoms with van der Waals surface area (Å²) in [5.74, 6) is 1.27. The van der Waals surface area contributed by atoms with Crippen LogP contribution >= 0.6 is 0 Å². The van der Waals surface area contributed by atoms with Gasteiger partial charge in [-0.3, -0.25) is 4.79 Å². The minimum absolute atomic E-state index is 0.00350. The lowest BCUT2D eigenvalue weighted by molar-refractivity contribution is -0.230.